The van der Waals surface area contributed by atoms with Gasteiger partial charge in [-0.25, -0.2) is 0 Å². The third kappa shape index (κ3) is 1.30. The second kappa shape index (κ2) is 2.20. The summed E-state index contributed by atoms with van der Waals surface area (Å²) in [5.41, 5.74) is 6.31. The van der Waals surface area contributed by atoms with E-state index in [0.717, 1.165) is 6.04 Å². The van der Waals surface area contributed by atoms with Gasteiger partial charge in [0.15, 0.2) is 0 Å². The van der Waals surface area contributed by atoms with Crippen molar-refractivity contribution in [1.29, 1.82) is 0 Å². The molecule has 2 fully saturated rings. The lowest BCUT2D eigenvalue weighted by molar-refractivity contribution is -0.0374. The first-order valence-electron chi connectivity index (χ1n) is 4.56. The van der Waals surface area contributed by atoms with Crippen molar-refractivity contribution in [3.63, 3.8) is 0 Å². The number of hydrogen-bond donors (Lipinski definition) is 1. The van der Waals surface area contributed by atoms with Gasteiger partial charge in [0, 0.05) is 25.2 Å². The maximum Gasteiger partial charge on any atom is 0.0125 e. The average molecular weight is 154 g/mol. The molecule has 2 nitrogen and oxygen atoms in total. The molecule has 64 valence electrons. The molecule has 0 spiro atoms. The fourth-order valence-corrected chi connectivity index (χ4v) is 2.24. The first kappa shape index (κ1) is 7.56. The van der Waals surface area contributed by atoms with Crippen LogP contribution in [-0.4, -0.2) is 30.1 Å². The SMILES string of the molecule is CC1(C)CN([C@H]2C[C@@H](N)C2)C1. The topological polar surface area (TPSA) is 29.3 Å². The van der Waals surface area contributed by atoms with E-state index >= 15 is 0 Å². The molecule has 1 saturated heterocycles. The van der Waals surface area contributed by atoms with E-state index < -0.39 is 0 Å². The van der Waals surface area contributed by atoms with Crippen molar-refractivity contribution in [2.75, 3.05) is 13.1 Å². The highest BCUT2D eigenvalue weighted by Crippen LogP contribution is 2.36. The third-order valence-electron chi connectivity index (χ3n) is 2.93. The van der Waals surface area contributed by atoms with Gasteiger partial charge in [0.05, 0.1) is 0 Å². The molecule has 0 aromatic heterocycles. The van der Waals surface area contributed by atoms with Crippen LogP contribution in [0, 0.1) is 5.41 Å². The Kier molecular flexibility index (Phi) is 1.52. The van der Waals surface area contributed by atoms with Gasteiger partial charge in [-0.3, -0.25) is 4.90 Å². The van der Waals surface area contributed by atoms with Crippen molar-refractivity contribution in [1.82, 2.24) is 4.90 Å². The second-order valence-corrected chi connectivity index (χ2v) is 4.95. The molecule has 11 heavy (non-hydrogen) atoms. The highest BCUT2D eigenvalue weighted by atomic mass is 15.2. The summed E-state index contributed by atoms with van der Waals surface area (Å²) < 4.78 is 0. The summed E-state index contributed by atoms with van der Waals surface area (Å²) in [5.74, 6) is 0. The highest BCUT2D eigenvalue weighted by Gasteiger charge is 2.42. The molecule has 0 unspecified atom stereocenters. The smallest absolute Gasteiger partial charge is 0.0125 e. The van der Waals surface area contributed by atoms with E-state index in [0.29, 0.717) is 11.5 Å². The Morgan fingerprint density at radius 1 is 1.27 bits per heavy atom. The molecule has 0 atom stereocenters. The molecule has 0 radical (unpaired) electrons. The summed E-state index contributed by atoms with van der Waals surface area (Å²) in [6.45, 7) is 7.24. The molecular formula is C9H18N2. The standard InChI is InChI=1S/C9H18N2/c1-9(2)5-11(6-9)8-3-7(10)4-8/h7-8H,3-6,10H2,1-2H3/t7-,8+. The van der Waals surface area contributed by atoms with E-state index in [2.05, 4.69) is 18.7 Å². The number of rotatable bonds is 1. The van der Waals surface area contributed by atoms with Crippen molar-refractivity contribution in [3.05, 3.63) is 0 Å². The number of nitrogens with zero attached hydrogens (tertiary/aromatic N) is 1. The van der Waals surface area contributed by atoms with E-state index in [9.17, 15) is 0 Å². The fourth-order valence-electron chi connectivity index (χ4n) is 2.24. The molecule has 1 aliphatic heterocycles. The van der Waals surface area contributed by atoms with Gasteiger partial charge in [0.25, 0.3) is 0 Å². The highest BCUT2D eigenvalue weighted by molar-refractivity contribution is 4.98. The molecule has 0 aromatic rings. The predicted octanol–water partition coefficient (Wildman–Crippen LogP) is 0.818. The Hall–Kier alpha value is -0.0800. The van der Waals surface area contributed by atoms with Gasteiger partial charge >= 0.3 is 0 Å². The van der Waals surface area contributed by atoms with Crippen LogP contribution in [0.15, 0.2) is 0 Å². The Bertz CT molecular complexity index is 151. The minimum atomic E-state index is 0.503. The Labute approximate surface area is 68.7 Å². The second-order valence-electron chi connectivity index (χ2n) is 4.95. The minimum Gasteiger partial charge on any atom is -0.328 e. The molecular weight excluding hydrogens is 136 g/mol. The molecule has 0 aromatic carbocycles. The lowest BCUT2D eigenvalue weighted by Gasteiger charge is -2.54. The zero-order valence-electron chi connectivity index (χ0n) is 7.51. The van der Waals surface area contributed by atoms with Crippen LogP contribution in [0.5, 0.6) is 0 Å². The lowest BCUT2D eigenvalue weighted by Crippen LogP contribution is -2.62. The maximum atomic E-state index is 5.73. The Morgan fingerprint density at radius 3 is 2.18 bits per heavy atom. The van der Waals surface area contributed by atoms with Crippen LogP contribution in [0.4, 0.5) is 0 Å². The molecule has 2 rings (SSSR count). The largest absolute Gasteiger partial charge is 0.328 e. The van der Waals surface area contributed by atoms with Gasteiger partial charge < -0.3 is 5.73 Å². The summed E-state index contributed by atoms with van der Waals surface area (Å²) >= 11 is 0. The van der Waals surface area contributed by atoms with E-state index in [-0.39, 0.29) is 0 Å². The van der Waals surface area contributed by atoms with E-state index in [1.807, 2.05) is 0 Å². The van der Waals surface area contributed by atoms with Gasteiger partial charge in [-0.05, 0) is 18.3 Å². The molecule has 2 N–H and O–H groups in total. The summed E-state index contributed by atoms with van der Waals surface area (Å²) in [7, 11) is 0. The van der Waals surface area contributed by atoms with Crippen LogP contribution in [0.3, 0.4) is 0 Å². The van der Waals surface area contributed by atoms with Crippen LogP contribution >= 0.6 is 0 Å². The van der Waals surface area contributed by atoms with Crippen molar-refractivity contribution in [2.24, 2.45) is 11.1 Å². The van der Waals surface area contributed by atoms with Crippen LogP contribution < -0.4 is 5.73 Å². The summed E-state index contributed by atoms with van der Waals surface area (Å²) in [6, 6.07) is 1.33. The van der Waals surface area contributed by atoms with Gasteiger partial charge in [-0.2, -0.15) is 0 Å². The van der Waals surface area contributed by atoms with Crippen LogP contribution in [0.25, 0.3) is 0 Å². The third-order valence-corrected chi connectivity index (χ3v) is 2.93. The quantitative estimate of drug-likeness (QED) is 0.606. The first-order chi connectivity index (χ1) is 5.07. The van der Waals surface area contributed by atoms with Gasteiger partial charge in [-0.15, -0.1) is 0 Å². The normalized spacial score (nSPS) is 42.8. The Morgan fingerprint density at radius 2 is 1.82 bits per heavy atom. The molecule has 0 bridgehead atoms. The molecule has 2 heteroatoms. The first-order valence-corrected chi connectivity index (χ1v) is 4.56. The van der Waals surface area contributed by atoms with Crippen molar-refractivity contribution in [3.8, 4) is 0 Å². The molecule has 1 aliphatic carbocycles. The van der Waals surface area contributed by atoms with E-state index in [1.54, 1.807) is 0 Å². The van der Waals surface area contributed by atoms with Crippen LogP contribution in [0.2, 0.25) is 0 Å². The van der Waals surface area contributed by atoms with E-state index in [4.69, 9.17) is 5.73 Å². The number of hydrogen-bond acceptors (Lipinski definition) is 2. The zero-order valence-corrected chi connectivity index (χ0v) is 7.51. The molecule has 1 saturated carbocycles. The molecule has 1 heterocycles. The molecule has 2 aliphatic rings. The van der Waals surface area contributed by atoms with Crippen molar-refractivity contribution < 1.29 is 0 Å². The zero-order chi connectivity index (χ0) is 8.06. The predicted molar refractivity (Wildman–Crippen MR) is 46.4 cm³/mol. The average Bonchev–Trinajstić information content (AvgIpc) is 1.75. The van der Waals surface area contributed by atoms with Gasteiger partial charge in [-0.1, -0.05) is 13.8 Å². The maximum absolute atomic E-state index is 5.73. The summed E-state index contributed by atoms with van der Waals surface area (Å²) in [5, 5.41) is 0. The van der Waals surface area contributed by atoms with Crippen LogP contribution in [-0.2, 0) is 0 Å². The number of nitrogens with two attached hydrogens (primary N) is 1. The van der Waals surface area contributed by atoms with Crippen molar-refractivity contribution >= 4 is 0 Å². The fraction of sp³-hybridized carbons (Fsp3) is 1.00. The summed E-state index contributed by atoms with van der Waals surface area (Å²) in [4.78, 5) is 2.57. The minimum absolute atomic E-state index is 0.503. The monoisotopic (exact) mass is 154 g/mol. The molecule has 0 amide bonds. The van der Waals surface area contributed by atoms with Gasteiger partial charge in [0.2, 0.25) is 0 Å². The van der Waals surface area contributed by atoms with Gasteiger partial charge in [0.1, 0.15) is 0 Å². The van der Waals surface area contributed by atoms with E-state index in [1.165, 1.54) is 25.9 Å². The number of likely N-dealkylation sites (tertiary alicyclic amines) is 1. The van der Waals surface area contributed by atoms with Crippen LogP contribution in [0.1, 0.15) is 26.7 Å². The summed E-state index contributed by atoms with van der Waals surface area (Å²) in [6.07, 6.45) is 2.46. The lowest BCUT2D eigenvalue weighted by atomic mass is 9.77. The van der Waals surface area contributed by atoms with Crippen molar-refractivity contribution in [2.45, 2.75) is 38.8 Å². The Balaban J connectivity index is 1.76.